The smallest absolute Gasteiger partial charge is 0.255 e. The highest BCUT2D eigenvalue weighted by Crippen LogP contribution is 2.27. The predicted octanol–water partition coefficient (Wildman–Crippen LogP) is 7.52. The van der Waals surface area contributed by atoms with Gasteiger partial charge in [0.05, 0.1) is 5.25 Å². The molecule has 0 heterocycles. The van der Waals surface area contributed by atoms with E-state index >= 15 is 0 Å². The lowest BCUT2D eigenvalue weighted by Crippen LogP contribution is -2.22. The van der Waals surface area contributed by atoms with Crippen molar-refractivity contribution in [2.45, 2.75) is 17.1 Å². The highest BCUT2D eigenvalue weighted by Gasteiger charge is 2.15. The van der Waals surface area contributed by atoms with Crippen LogP contribution in [0.25, 0.3) is 10.8 Å². The molecule has 0 saturated carbocycles. The van der Waals surface area contributed by atoms with Crippen LogP contribution in [0, 0.1) is 0 Å². The van der Waals surface area contributed by atoms with E-state index in [0.29, 0.717) is 27.0 Å². The number of amides is 2. The second-order valence-corrected chi connectivity index (χ2v) is 9.73. The number of benzene rings is 4. The minimum atomic E-state index is -0.346. The zero-order valence-corrected chi connectivity index (χ0v) is 20.0. The summed E-state index contributed by atoms with van der Waals surface area (Å²) in [5, 5.41) is 8.42. The van der Waals surface area contributed by atoms with Crippen LogP contribution in [0.1, 0.15) is 17.3 Å². The Hall–Kier alpha value is -2.99. The minimum Gasteiger partial charge on any atom is -0.325 e. The lowest BCUT2D eigenvalue weighted by Gasteiger charge is -2.13. The van der Waals surface area contributed by atoms with Gasteiger partial charge in [-0.3, -0.25) is 9.59 Å². The van der Waals surface area contributed by atoms with Gasteiger partial charge in [-0.2, -0.15) is 0 Å². The van der Waals surface area contributed by atoms with E-state index in [1.54, 1.807) is 18.2 Å². The van der Waals surface area contributed by atoms with Crippen LogP contribution in [0.5, 0.6) is 0 Å². The number of nitrogens with one attached hydrogen (secondary N) is 2. The SMILES string of the molecule is CC(Sc1ccc(NC(=O)c2ccc3ccccc3c2)cc1)C(=O)Nc1cc(Cl)cc(Cl)c1. The monoisotopic (exact) mass is 494 g/mol. The van der Waals surface area contributed by atoms with Gasteiger partial charge in [-0.1, -0.05) is 53.5 Å². The number of hydrogen-bond donors (Lipinski definition) is 2. The first-order valence-corrected chi connectivity index (χ1v) is 11.8. The molecule has 7 heteroatoms. The normalized spacial score (nSPS) is 11.7. The number of hydrogen-bond acceptors (Lipinski definition) is 3. The molecule has 0 bridgehead atoms. The van der Waals surface area contributed by atoms with Crippen molar-refractivity contribution in [1.82, 2.24) is 0 Å². The van der Waals surface area contributed by atoms with Gasteiger partial charge in [0, 0.05) is 31.9 Å². The molecule has 2 amide bonds. The van der Waals surface area contributed by atoms with Gasteiger partial charge in [0.15, 0.2) is 0 Å². The van der Waals surface area contributed by atoms with Crippen LogP contribution in [-0.2, 0) is 4.79 Å². The summed E-state index contributed by atoms with van der Waals surface area (Å²) >= 11 is 13.4. The fourth-order valence-electron chi connectivity index (χ4n) is 3.28. The van der Waals surface area contributed by atoms with E-state index < -0.39 is 0 Å². The molecule has 0 saturated heterocycles. The molecule has 0 aliphatic carbocycles. The third kappa shape index (κ3) is 6.08. The molecule has 0 radical (unpaired) electrons. The van der Waals surface area contributed by atoms with Crippen LogP contribution >= 0.6 is 35.0 Å². The predicted molar refractivity (Wildman–Crippen MR) is 139 cm³/mol. The van der Waals surface area contributed by atoms with Gasteiger partial charge in [0.25, 0.3) is 5.91 Å². The van der Waals surface area contributed by atoms with Crippen molar-refractivity contribution in [3.05, 3.63) is 101 Å². The maximum absolute atomic E-state index is 12.6. The second kappa shape index (κ2) is 10.3. The summed E-state index contributed by atoms with van der Waals surface area (Å²) in [6, 6.07) is 25.8. The molecule has 4 aromatic rings. The van der Waals surface area contributed by atoms with Crippen LogP contribution in [-0.4, -0.2) is 17.1 Å². The molecule has 33 heavy (non-hydrogen) atoms. The summed E-state index contributed by atoms with van der Waals surface area (Å²) in [4.78, 5) is 26.1. The van der Waals surface area contributed by atoms with E-state index in [2.05, 4.69) is 10.6 Å². The zero-order chi connectivity index (χ0) is 23.4. The summed E-state index contributed by atoms with van der Waals surface area (Å²) in [7, 11) is 0. The largest absolute Gasteiger partial charge is 0.325 e. The molecular weight excluding hydrogens is 475 g/mol. The zero-order valence-electron chi connectivity index (χ0n) is 17.6. The van der Waals surface area contributed by atoms with Gasteiger partial charge in [-0.15, -0.1) is 11.8 Å². The van der Waals surface area contributed by atoms with Gasteiger partial charge in [0.1, 0.15) is 0 Å². The average molecular weight is 495 g/mol. The Morgan fingerprint density at radius 1 is 0.758 bits per heavy atom. The van der Waals surface area contributed by atoms with Crippen molar-refractivity contribution in [2.75, 3.05) is 10.6 Å². The third-order valence-corrected chi connectivity index (χ3v) is 6.48. The standard InChI is InChI=1S/C26H20Cl2N2O2S/c1-16(25(31)30-23-14-20(27)13-21(28)15-23)33-24-10-8-22(9-11-24)29-26(32)19-7-6-17-4-2-3-5-18(17)12-19/h2-16H,1H3,(H,29,32)(H,30,31). The number of carbonyl (C=O) groups is 2. The molecule has 0 spiro atoms. The Balaban J connectivity index is 1.36. The number of anilines is 2. The first kappa shape index (κ1) is 23.2. The Labute approximate surface area is 206 Å². The van der Waals surface area contributed by atoms with E-state index in [1.807, 2.05) is 73.7 Å². The Kier molecular flexibility index (Phi) is 7.23. The van der Waals surface area contributed by atoms with Gasteiger partial charge in [0.2, 0.25) is 5.91 Å². The Morgan fingerprint density at radius 2 is 1.42 bits per heavy atom. The molecule has 4 rings (SSSR count). The quantitative estimate of drug-likeness (QED) is 0.272. The van der Waals surface area contributed by atoms with E-state index in [1.165, 1.54) is 11.8 Å². The molecular formula is C26H20Cl2N2O2S. The van der Waals surface area contributed by atoms with Gasteiger partial charge in [-0.05, 0) is 72.3 Å². The molecule has 4 aromatic carbocycles. The topological polar surface area (TPSA) is 58.2 Å². The Morgan fingerprint density at radius 3 is 2.12 bits per heavy atom. The summed E-state index contributed by atoms with van der Waals surface area (Å²) < 4.78 is 0. The van der Waals surface area contributed by atoms with Gasteiger partial charge in [-0.25, -0.2) is 0 Å². The molecule has 0 fully saturated rings. The summed E-state index contributed by atoms with van der Waals surface area (Å²) in [5.41, 5.74) is 1.83. The van der Waals surface area contributed by atoms with Crippen LogP contribution in [0.2, 0.25) is 10.0 Å². The third-order valence-electron chi connectivity index (χ3n) is 4.94. The van der Waals surface area contributed by atoms with E-state index in [-0.39, 0.29) is 17.1 Å². The molecule has 166 valence electrons. The fourth-order valence-corrected chi connectivity index (χ4v) is 4.67. The van der Waals surface area contributed by atoms with Crippen molar-refractivity contribution in [3.8, 4) is 0 Å². The highest BCUT2D eigenvalue weighted by atomic mass is 35.5. The molecule has 2 N–H and O–H groups in total. The summed E-state index contributed by atoms with van der Waals surface area (Å²) in [6.07, 6.45) is 0. The average Bonchev–Trinajstić information content (AvgIpc) is 2.79. The molecule has 0 aliphatic rings. The molecule has 4 nitrogen and oxygen atoms in total. The molecule has 0 aromatic heterocycles. The second-order valence-electron chi connectivity index (χ2n) is 7.45. The van der Waals surface area contributed by atoms with Crippen LogP contribution in [0.15, 0.2) is 89.8 Å². The molecule has 0 aliphatic heterocycles. The van der Waals surface area contributed by atoms with Crippen molar-refractivity contribution in [3.63, 3.8) is 0 Å². The van der Waals surface area contributed by atoms with Crippen LogP contribution in [0.4, 0.5) is 11.4 Å². The molecule has 1 unspecified atom stereocenters. The van der Waals surface area contributed by atoms with E-state index in [9.17, 15) is 9.59 Å². The Bertz CT molecular complexity index is 1310. The number of fused-ring (bicyclic) bond motifs is 1. The van der Waals surface area contributed by atoms with Crippen molar-refractivity contribution < 1.29 is 9.59 Å². The summed E-state index contributed by atoms with van der Waals surface area (Å²) in [6.45, 7) is 1.82. The van der Waals surface area contributed by atoms with Gasteiger partial charge < -0.3 is 10.6 Å². The van der Waals surface area contributed by atoms with Crippen molar-refractivity contribution >= 4 is 68.9 Å². The first-order chi connectivity index (χ1) is 15.9. The number of rotatable bonds is 6. The van der Waals surface area contributed by atoms with Crippen molar-refractivity contribution in [1.29, 1.82) is 0 Å². The summed E-state index contributed by atoms with van der Waals surface area (Å²) in [5.74, 6) is -0.332. The lowest BCUT2D eigenvalue weighted by molar-refractivity contribution is -0.115. The van der Waals surface area contributed by atoms with Crippen molar-refractivity contribution in [2.24, 2.45) is 0 Å². The number of thioether (sulfide) groups is 1. The van der Waals surface area contributed by atoms with Crippen LogP contribution in [0.3, 0.4) is 0 Å². The lowest BCUT2D eigenvalue weighted by atomic mass is 10.1. The molecule has 1 atom stereocenters. The number of halogens is 2. The van der Waals surface area contributed by atoms with Crippen LogP contribution < -0.4 is 10.6 Å². The van der Waals surface area contributed by atoms with E-state index in [4.69, 9.17) is 23.2 Å². The highest BCUT2D eigenvalue weighted by molar-refractivity contribution is 8.00. The fraction of sp³-hybridized carbons (Fsp3) is 0.0769. The maximum atomic E-state index is 12.6. The minimum absolute atomic E-state index is 0.160. The first-order valence-electron chi connectivity index (χ1n) is 10.2. The van der Waals surface area contributed by atoms with E-state index in [0.717, 1.165) is 15.7 Å². The van der Waals surface area contributed by atoms with Gasteiger partial charge >= 0.3 is 0 Å². The maximum Gasteiger partial charge on any atom is 0.255 e. The number of carbonyl (C=O) groups excluding carboxylic acids is 2.